The van der Waals surface area contributed by atoms with Crippen LogP contribution < -0.4 is 0 Å². The van der Waals surface area contributed by atoms with E-state index in [1.807, 2.05) is 37.4 Å². The molecule has 1 aromatic carbocycles. The van der Waals surface area contributed by atoms with Crippen LogP contribution in [0.15, 0.2) is 41.0 Å². The molecule has 0 radical (unpaired) electrons. The van der Waals surface area contributed by atoms with Crippen LogP contribution in [0.4, 0.5) is 0 Å². The molecular weight excluding hydrogens is 264 g/mol. The molecule has 1 aromatic heterocycles. The third kappa shape index (κ3) is 3.93. The number of aliphatic hydroxyl groups is 1. The van der Waals surface area contributed by atoms with Gasteiger partial charge in [-0.1, -0.05) is 39.0 Å². The molecule has 0 amide bonds. The topological polar surface area (TPSA) is 49.5 Å². The number of aliphatic hydroxyl groups excluding tert-OH is 1. The Morgan fingerprint density at radius 2 is 1.90 bits per heavy atom. The van der Waals surface area contributed by atoms with Gasteiger partial charge in [0.1, 0.15) is 6.26 Å². The average Bonchev–Trinajstić information content (AvgIpc) is 2.87. The standard InChI is InChI=1S/C17H24N2O2/c1-17(2,3)15(11-20)19(4)10-14-12-21-16(18-14)13-8-6-5-7-9-13/h5-9,12,15,20H,10-11H2,1-4H3. The Balaban J connectivity index is 2.09. The first kappa shape index (κ1) is 15.7. The first-order valence-corrected chi connectivity index (χ1v) is 7.22. The van der Waals surface area contributed by atoms with Crippen LogP contribution in [0.1, 0.15) is 26.5 Å². The molecule has 0 bridgehead atoms. The number of hydrogen-bond donors (Lipinski definition) is 1. The fraction of sp³-hybridized carbons (Fsp3) is 0.471. The maximum absolute atomic E-state index is 9.61. The van der Waals surface area contributed by atoms with Gasteiger partial charge in [-0.15, -0.1) is 0 Å². The van der Waals surface area contributed by atoms with Crippen LogP contribution in [-0.4, -0.2) is 34.7 Å². The molecule has 4 heteroatoms. The quantitative estimate of drug-likeness (QED) is 0.918. The summed E-state index contributed by atoms with van der Waals surface area (Å²) in [5.41, 5.74) is 1.86. The summed E-state index contributed by atoms with van der Waals surface area (Å²) in [5, 5.41) is 9.61. The van der Waals surface area contributed by atoms with Crippen LogP contribution in [-0.2, 0) is 6.54 Å². The number of oxazole rings is 1. The third-order valence-corrected chi connectivity index (χ3v) is 3.69. The number of benzene rings is 1. The highest BCUT2D eigenvalue weighted by Gasteiger charge is 2.28. The zero-order valence-electron chi connectivity index (χ0n) is 13.2. The van der Waals surface area contributed by atoms with Crippen molar-refractivity contribution in [3.05, 3.63) is 42.3 Å². The van der Waals surface area contributed by atoms with Gasteiger partial charge in [-0.2, -0.15) is 0 Å². The molecule has 0 spiro atoms. The lowest BCUT2D eigenvalue weighted by molar-refractivity contribution is 0.0606. The summed E-state index contributed by atoms with van der Waals surface area (Å²) in [7, 11) is 2.00. The predicted molar refractivity (Wildman–Crippen MR) is 83.7 cm³/mol. The number of nitrogens with zero attached hydrogens (tertiary/aromatic N) is 2. The van der Waals surface area contributed by atoms with Crippen molar-refractivity contribution in [3.63, 3.8) is 0 Å². The predicted octanol–water partition coefficient (Wildman–Crippen LogP) is 3.18. The van der Waals surface area contributed by atoms with Gasteiger partial charge in [-0.25, -0.2) is 4.98 Å². The summed E-state index contributed by atoms with van der Waals surface area (Å²) in [5.74, 6) is 0.635. The lowest BCUT2D eigenvalue weighted by Crippen LogP contribution is -2.44. The zero-order chi connectivity index (χ0) is 15.5. The molecule has 4 nitrogen and oxygen atoms in total. The summed E-state index contributed by atoms with van der Waals surface area (Å²) < 4.78 is 5.55. The SMILES string of the molecule is CN(Cc1coc(-c2ccccc2)n1)C(CO)C(C)(C)C. The molecule has 2 rings (SSSR count). The summed E-state index contributed by atoms with van der Waals surface area (Å²) in [6.45, 7) is 7.16. The van der Waals surface area contributed by atoms with Gasteiger partial charge in [0, 0.05) is 18.2 Å². The highest BCUT2D eigenvalue weighted by atomic mass is 16.3. The fourth-order valence-corrected chi connectivity index (χ4v) is 2.53. The minimum Gasteiger partial charge on any atom is -0.444 e. The average molecular weight is 288 g/mol. The first-order chi connectivity index (χ1) is 9.91. The third-order valence-electron chi connectivity index (χ3n) is 3.69. The van der Waals surface area contributed by atoms with E-state index >= 15 is 0 Å². The van der Waals surface area contributed by atoms with Crippen molar-refractivity contribution in [2.45, 2.75) is 33.4 Å². The van der Waals surface area contributed by atoms with Gasteiger partial charge in [0.15, 0.2) is 0 Å². The van der Waals surface area contributed by atoms with Crippen LogP contribution >= 0.6 is 0 Å². The molecule has 0 aliphatic carbocycles. The van der Waals surface area contributed by atoms with E-state index in [1.165, 1.54) is 0 Å². The van der Waals surface area contributed by atoms with Crippen molar-refractivity contribution in [3.8, 4) is 11.5 Å². The lowest BCUT2D eigenvalue weighted by Gasteiger charge is -2.36. The summed E-state index contributed by atoms with van der Waals surface area (Å²) in [4.78, 5) is 6.65. The van der Waals surface area contributed by atoms with E-state index in [-0.39, 0.29) is 18.1 Å². The van der Waals surface area contributed by atoms with E-state index in [2.05, 4.69) is 30.7 Å². The number of aromatic nitrogens is 1. The second kappa shape index (κ2) is 6.41. The molecule has 1 N–H and O–H groups in total. The number of likely N-dealkylation sites (N-methyl/N-ethyl adjacent to an activating group) is 1. The van der Waals surface area contributed by atoms with E-state index in [1.54, 1.807) is 6.26 Å². The fourth-order valence-electron chi connectivity index (χ4n) is 2.53. The molecule has 0 fully saturated rings. The molecular formula is C17H24N2O2. The van der Waals surface area contributed by atoms with Gasteiger partial charge in [-0.05, 0) is 24.6 Å². The van der Waals surface area contributed by atoms with Crippen LogP contribution in [0.5, 0.6) is 0 Å². The molecule has 1 atom stereocenters. The zero-order valence-corrected chi connectivity index (χ0v) is 13.2. The second-order valence-corrected chi connectivity index (χ2v) is 6.49. The molecule has 1 unspecified atom stereocenters. The monoisotopic (exact) mass is 288 g/mol. The van der Waals surface area contributed by atoms with Crippen LogP contribution in [0.2, 0.25) is 0 Å². The summed E-state index contributed by atoms with van der Waals surface area (Å²) in [6, 6.07) is 9.93. The summed E-state index contributed by atoms with van der Waals surface area (Å²) in [6.07, 6.45) is 1.69. The Bertz CT molecular complexity index is 558. The lowest BCUT2D eigenvalue weighted by atomic mass is 9.86. The van der Waals surface area contributed by atoms with Crippen LogP contribution in [0, 0.1) is 5.41 Å². The molecule has 0 aliphatic rings. The maximum Gasteiger partial charge on any atom is 0.226 e. The first-order valence-electron chi connectivity index (χ1n) is 7.22. The maximum atomic E-state index is 9.61. The molecule has 0 aliphatic heterocycles. The normalized spacial score (nSPS) is 13.6. The van der Waals surface area contributed by atoms with Gasteiger partial charge in [0.25, 0.3) is 0 Å². The van der Waals surface area contributed by atoms with Crippen molar-refractivity contribution in [2.75, 3.05) is 13.7 Å². The van der Waals surface area contributed by atoms with E-state index in [4.69, 9.17) is 4.42 Å². The van der Waals surface area contributed by atoms with Gasteiger partial charge >= 0.3 is 0 Å². The Morgan fingerprint density at radius 1 is 1.24 bits per heavy atom. The van der Waals surface area contributed by atoms with E-state index in [0.29, 0.717) is 12.4 Å². The minimum atomic E-state index is 0.00942. The Morgan fingerprint density at radius 3 is 2.48 bits per heavy atom. The van der Waals surface area contributed by atoms with Gasteiger partial charge in [-0.3, -0.25) is 4.90 Å². The molecule has 0 saturated carbocycles. The van der Waals surface area contributed by atoms with Crippen molar-refractivity contribution < 1.29 is 9.52 Å². The smallest absolute Gasteiger partial charge is 0.226 e. The Labute approximate surface area is 126 Å². The van der Waals surface area contributed by atoms with Crippen molar-refractivity contribution in [1.29, 1.82) is 0 Å². The Hall–Kier alpha value is -1.65. The molecule has 0 saturated heterocycles. The van der Waals surface area contributed by atoms with E-state index in [0.717, 1.165) is 11.3 Å². The van der Waals surface area contributed by atoms with Crippen molar-refractivity contribution >= 4 is 0 Å². The van der Waals surface area contributed by atoms with Crippen molar-refractivity contribution in [1.82, 2.24) is 9.88 Å². The molecule has 21 heavy (non-hydrogen) atoms. The number of rotatable bonds is 5. The highest BCUT2D eigenvalue weighted by Crippen LogP contribution is 2.25. The van der Waals surface area contributed by atoms with Crippen molar-refractivity contribution in [2.24, 2.45) is 5.41 Å². The van der Waals surface area contributed by atoms with Crippen LogP contribution in [0.25, 0.3) is 11.5 Å². The minimum absolute atomic E-state index is 0.00942. The largest absolute Gasteiger partial charge is 0.444 e. The molecule has 2 aromatic rings. The van der Waals surface area contributed by atoms with E-state index in [9.17, 15) is 5.11 Å². The van der Waals surface area contributed by atoms with Gasteiger partial charge < -0.3 is 9.52 Å². The highest BCUT2D eigenvalue weighted by molar-refractivity contribution is 5.52. The van der Waals surface area contributed by atoms with Gasteiger partial charge in [0.05, 0.1) is 12.3 Å². The molecule has 1 heterocycles. The Kier molecular flexibility index (Phi) is 4.80. The number of hydrogen-bond acceptors (Lipinski definition) is 4. The van der Waals surface area contributed by atoms with Gasteiger partial charge in [0.2, 0.25) is 5.89 Å². The second-order valence-electron chi connectivity index (χ2n) is 6.49. The summed E-state index contributed by atoms with van der Waals surface area (Å²) >= 11 is 0. The molecule has 114 valence electrons. The van der Waals surface area contributed by atoms with Crippen LogP contribution in [0.3, 0.4) is 0 Å². The van der Waals surface area contributed by atoms with E-state index < -0.39 is 0 Å².